The number of phenolic OH excluding ortho intramolecular Hbond substituents is 1. The van der Waals surface area contributed by atoms with E-state index in [4.69, 9.17) is 9.57 Å². The van der Waals surface area contributed by atoms with Gasteiger partial charge in [0.05, 0.1) is 19.2 Å². The van der Waals surface area contributed by atoms with Gasteiger partial charge in [0.1, 0.15) is 17.6 Å². The quantitative estimate of drug-likeness (QED) is 0.885. The van der Waals surface area contributed by atoms with Crippen LogP contribution in [0.1, 0.15) is 18.4 Å². The number of rotatable bonds is 5. The molecular formula is C18H18N2O4. The van der Waals surface area contributed by atoms with Crippen LogP contribution in [0.3, 0.4) is 0 Å². The second kappa shape index (κ2) is 7.04. The van der Waals surface area contributed by atoms with Gasteiger partial charge >= 0.3 is 0 Å². The number of hydrogen-bond donors (Lipinski definition) is 2. The molecule has 1 aliphatic rings. The molecule has 2 aromatic carbocycles. The molecule has 1 unspecified atom stereocenters. The first-order valence-electron chi connectivity index (χ1n) is 7.60. The average molecular weight is 326 g/mol. The number of ether oxygens (including phenoxy) is 1. The van der Waals surface area contributed by atoms with Crippen molar-refractivity contribution >= 4 is 17.3 Å². The molecule has 1 aliphatic heterocycles. The second-order valence-electron chi connectivity index (χ2n) is 5.50. The zero-order valence-corrected chi connectivity index (χ0v) is 13.2. The molecule has 0 fully saturated rings. The summed E-state index contributed by atoms with van der Waals surface area (Å²) in [7, 11) is 1.59. The van der Waals surface area contributed by atoms with Crippen molar-refractivity contribution in [1.29, 1.82) is 0 Å². The fraction of sp³-hybridized carbons (Fsp3) is 0.222. The third-order valence-corrected chi connectivity index (χ3v) is 3.72. The normalized spacial score (nSPS) is 16.2. The lowest BCUT2D eigenvalue weighted by atomic mass is 10.0. The van der Waals surface area contributed by atoms with Crippen LogP contribution in [-0.4, -0.2) is 29.9 Å². The van der Waals surface area contributed by atoms with Crippen molar-refractivity contribution in [3.8, 4) is 11.5 Å². The highest BCUT2D eigenvalue weighted by Gasteiger charge is 2.24. The number of hydrogen-bond acceptors (Lipinski definition) is 5. The van der Waals surface area contributed by atoms with E-state index < -0.39 is 0 Å². The molecular weight excluding hydrogens is 308 g/mol. The number of anilines is 1. The predicted octanol–water partition coefficient (Wildman–Crippen LogP) is 2.92. The molecule has 0 saturated carbocycles. The van der Waals surface area contributed by atoms with Crippen LogP contribution in [0.15, 0.2) is 53.7 Å². The maximum absolute atomic E-state index is 12.1. The molecule has 6 nitrogen and oxygen atoms in total. The number of nitrogens with one attached hydrogen (secondary N) is 1. The lowest BCUT2D eigenvalue weighted by Crippen LogP contribution is -2.20. The first kappa shape index (κ1) is 15.9. The fourth-order valence-electron chi connectivity index (χ4n) is 2.46. The van der Waals surface area contributed by atoms with Crippen molar-refractivity contribution in [2.45, 2.75) is 18.9 Å². The van der Waals surface area contributed by atoms with Crippen LogP contribution in [0.2, 0.25) is 0 Å². The van der Waals surface area contributed by atoms with Crippen molar-refractivity contribution in [2.24, 2.45) is 5.16 Å². The van der Waals surface area contributed by atoms with E-state index >= 15 is 0 Å². The number of benzene rings is 2. The van der Waals surface area contributed by atoms with Gasteiger partial charge < -0.3 is 20.0 Å². The van der Waals surface area contributed by atoms with Crippen LogP contribution in [-0.2, 0) is 9.63 Å². The van der Waals surface area contributed by atoms with Gasteiger partial charge in [-0.3, -0.25) is 4.79 Å². The smallest absolute Gasteiger partial charge is 0.228 e. The summed E-state index contributed by atoms with van der Waals surface area (Å²) in [6, 6.07) is 13.9. The Morgan fingerprint density at radius 1 is 1.25 bits per heavy atom. The lowest BCUT2D eigenvalue weighted by molar-refractivity contribution is -0.118. The standard InChI is InChI=1S/C18H18N2O4/c1-23-15-8-4-13(5-9-15)19-18(22)11-16-10-17(20-24-16)12-2-6-14(21)7-3-12/h2-9,16,21H,10-11H2,1H3,(H,19,22). The van der Waals surface area contributed by atoms with E-state index in [2.05, 4.69) is 10.5 Å². The molecule has 2 N–H and O–H groups in total. The summed E-state index contributed by atoms with van der Waals surface area (Å²) in [4.78, 5) is 17.4. The minimum Gasteiger partial charge on any atom is -0.508 e. The van der Waals surface area contributed by atoms with Crippen molar-refractivity contribution < 1.29 is 19.5 Å². The average Bonchev–Trinajstić information content (AvgIpc) is 3.04. The summed E-state index contributed by atoms with van der Waals surface area (Å²) >= 11 is 0. The molecule has 0 saturated heterocycles. The maximum atomic E-state index is 12.1. The minimum atomic E-state index is -0.285. The van der Waals surface area contributed by atoms with E-state index in [1.54, 1.807) is 55.6 Å². The molecule has 124 valence electrons. The fourth-order valence-corrected chi connectivity index (χ4v) is 2.46. The molecule has 2 aromatic rings. The number of aromatic hydroxyl groups is 1. The van der Waals surface area contributed by atoms with Gasteiger partial charge in [0.25, 0.3) is 0 Å². The number of oxime groups is 1. The lowest BCUT2D eigenvalue weighted by Gasteiger charge is -2.09. The summed E-state index contributed by atoms with van der Waals surface area (Å²) in [5, 5.41) is 16.2. The van der Waals surface area contributed by atoms with Crippen LogP contribution in [0, 0.1) is 0 Å². The van der Waals surface area contributed by atoms with E-state index in [0.29, 0.717) is 12.1 Å². The van der Waals surface area contributed by atoms with Crippen LogP contribution in [0.25, 0.3) is 0 Å². The summed E-state index contributed by atoms with van der Waals surface area (Å²) in [6.45, 7) is 0. The highest BCUT2D eigenvalue weighted by Crippen LogP contribution is 2.21. The second-order valence-corrected chi connectivity index (χ2v) is 5.50. The monoisotopic (exact) mass is 326 g/mol. The van der Waals surface area contributed by atoms with Gasteiger partial charge in [0, 0.05) is 12.1 Å². The number of nitrogens with zero attached hydrogens (tertiary/aromatic N) is 1. The molecule has 0 aromatic heterocycles. The number of carbonyl (C=O) groups excluding carboxylic acids is 1. The summed E-state index contributed by atoms with van der Waals surface area (Å²) < 4.78 is 5.08. The Hall–Kier alpha value is -3.02. The molecule has 1 atom stereocenters. The van der Waals surface area contributed by atoms with Crippen molar-refractivity contribution in [2.75, 3.05) is 12.4 Å². The number of methoxy groups -OCH3 is 1. The molecule has 0 bridgehead atoms. The number of amides is 1. The Morgan fingerprint density at radius 2 is 1.96 bits per heavy atom. The Kier molecular flexibility index (Phi) is 4.65. The number of phenols is 1. The van der Waals surface area contributed by atoms with Gasteiger partial charge in [-0.15, -0.1) is 0 Å². The van der Waals surface area contributed by atoms with E-state index in [1.165, 1.54) is 0 Å². The Bertz CT molecular complexity index is 739. The Balaban J connectivity index is 1.52. The molecule has 0 aliphatic carbocycles. The predicted molar refractivity (Wildman–Crippen MR) is 90.4 cm³/mol. The molecule has 1 amide bonds. The van der Waals surface area contributed by atoms with Gasteiger partial charge in [0.15, 0.2) is 0 Å². The molecule has 0 spiro atoms. The molecule has 6 heteroatoms. The summed E-state index contributed by atoms with van der Waals surface area (Å²) in [6.07, 6.45) is 0.491. The third-order valence-electron chi connectivity index (χ3n) is 3.72. The van der Waals surface area contributed by atoms with Crippen LogP contribution in [0.5, 0.6) is 11.5 Å². The topological polar surface area (TPSA) is 80.2 Å². The molecule has 24 heavy (non-hydrogen) atoms. The minimum absolute atomic E-state index is 0.132. The van der Waals surface area contributed by atoms with Gasteiger partial charge in [-0.1, -0.05) is 5.16 Å². The first-order valence-corrected chi connectivity index (χ1v) is 7.60. The summed E-state index contributed by atoms with van der Waals surface area (Å²) in [5.41, 5.74) is 2.36. The van der Waals surface area contributed by atoms with Gasteiger partial charge in [-0.2, -0.15) is 0 Å². The highest BCUT2D eigenvalue weighted by atomic mass is 16.6. The van der Waals surface area contributed by atoms with E-state index in [-0.39, 0.29) is 24.2 Å². The Morgan fingerprint density at radius 3 is 2.62 bits per heavy atom. The van der Waals surface area contributed by atoms with Gasteiger partial charge in [0.2, 0.25) is 5.91 Å². The largest absolute Gasteiger partial charge is 0.508 e. The first-order chi connectivity index (χ1) is 11.6. The van der Waals surface area contributed by atoms with E-state index in [9.17, 15) is 9.90 Å². The van der Waals surface area contributed by atoms with Crippen molar-refractivity contribution in [1.82, 2.24) is 0 Å². The highest BCUT2D eigenvalue weighted by molar-refractivity contribution is 6.02. The SMILES string of the molecule is COc1ccc(NC(=O)CC2CC(c3ccc(O)cc3)=NO2)cc1. The molecule has 1 heterocycles. The van der Waals surface area contributed by atoms with Crippen molar-refractivity contribution in [3.63, 3.8) is 0 Å². The van der Waals surface area contributed by atoms with Crippen molar-refractivity contribution in [3.05, 3.63) is 54.1 Å². The zero-order chi connectivity index (χ0) is 16.9. The molecule has 0 radical (unpaired) electrons. The van der Waals surface area contributed by atoms with E-state index in [1.807, 2.05) is 0 Å². The maximum Gasteiger partial charge on any atom is 0.228 e. The van der Waals surface area contributed by atoms with Gasteiger partial charge in [-0.25, -0.2) is 0 Å². The number of carbonyl (C=O) groups is 1. The van der Waals surface area contributed by atoms with Crippen LogP contribution in [0.4, 0.5) is 5.69 Å². The van der Waals surface area contributed by atoms with E-state index in [0.717, 1.165) is 17.0 Å². The van der Waals surface area contributed by atoms with Gasteiger partial charge in [-0.05, 0) is 54.1 Å². The van der Waals surface area contributed by atoms with Crippen LogP contribution < -0.4 is 10.1 Å². The summed E-state index contributed by atoms with van der Waals surface area (Å²) in [5.74, 6) is 0.806. The molecule has 3 rings (SSSR count). The van der Waals surface area contributed by atoms with Crippen LogP contribution >= 0.6 is 0 Å². The third kappa shape index (κ3) is 3.84. The zero-order valence-electron chi connectivity index (χ0n) is 13.2. The Labute approximate surface area is 139 Å².